The summed E-state index contributed by atoms with van der Waals surface area (Å²) in [5.41, 5.74) is 0.809. The van der Waals surface area contributed by atoms with E-state index in [1.54, 1.807) is 41.3 Å². The summed E-state index contributed by atoms with van der Waals surface area (Å²) in [6.07, 6.45) is 1.68. The Morgan fingerprint density at radius 3 is 2.41 bits per heavy atom. The molecule has 6 nitrogen and oxygen atoms in total. The molecule has 1 amide bonds. The van der Waals surface area contributed by atoms with E-state index < -0.39 is 10.0 Å². The van der Waals surface area contributed by atoms with E-state index in [1.807, 2.05) is 30.3 Å². The molecule has 3 aromatic rings. The summed E-state index contributed by atoms with van der Waals surface area (Å²) in [6, 6.07) is 22.5. The fraction of sp³-hybridized carbons (Fsp3) is 0.269. The summed E-state index contributed by atoms with van der Waals surface area (Å²) >= 11 is 6.02. The van der Waals surface area contributed by atoms with E-state index in [0.29, 0.717) is 41.9 Å². The fourth-order valence-electron chi connectivity index (χ4n) is 3.97. The molecule has 178 valence electrons. The number of piperidine rings is 1. The zero-order chi connectivity index (χ0) is 24.1. The number of para-hydroxylation sites is 1. The number of benzene rings is 3. The molecular formula is C26H27ClN2O4S. The summed E-state index contributed by atoms with van der Waals surface area (Å²) in [4.78, 5) is 15.0. The summed E-state index contributed by atoms with van der Waals surface area (Å²) in [6.45, 7) is 1.84. The van der Waals surface area contributed by atoms with Crippen molar-refractivity contribution < 1.29 is 17.9 Å². The van der Waals surface area contributed by atoms with Crippen LogP contribution < -0.4 is 9.04 Å². The SMILES string of the molecule is CN(c1cccc(Cl)c1)S(=O)(=O)c1cccc(C(=O)N2CCC(COc3ccccc3)CC2)c1. The number of halogens is 1. The van der Waals surface area contributed by atoms with Gasteiger partial charge in [0.05, 0.1) is 17.2 Å². The Kier molecular flexibility index (Phi) is 7.44. The number of rotatable bonds is 7. The summed E-state index contributed by atoms with van der Waals surface area (Å²) in [5, 5.41) is 0.445. The molecule has 34 heavy (non-hydrogen) atoms. The lowest BCUT2D eigenvalue weighted by molar-refractivity contribution is 0.0661. The van der Waals surface area contributed by atoms with Crippen molar-refractivity contribution in [3.63, 3.8) is 0 Å². The number of anilines is 1. The highest BCUT2D eigenvalue weighted by molar-refractivity contribution is 7.92. The van der Waals surface area contributed by atoms with Gasteiger partial charge in [-0.25, -0.2) is 8.42 Å². The van der Waals surface area contributed by atoms with Crippen LogP contribution in [-0.4, -0.2) is 46.0 Å². The van der Waals surface area contributed by atoms with Crippen LogP contribution >= 0.6 is 11.6 Å². The molecule has 1 saturated heterocycles. The number of sulfonamides is 1. The first-order valence-corrected chi connectivity index (χ1v) is 13.0. The third-order valence-electron chi connectivity index (χ3n) is 6.04. The molecule has 8 heteroatoms. The molecule has 1 aliphatic rings. The van der Waals surface area contributed by atoms with Crippen molar-refractivity contribution in [3.8, 4) is 5.75 Å². The van der Waals surface area contributed by atoms with Gasteiger partial charge in [-0.3, -0.25) is 9.10 Å². The Morgan fingerprint density at radius 2 is 1.71 bits per heavy atom. The molecule has 0 bridgehead atoms. The topological polar surface area (TPSA) is 66.9 Å². The number of amides is 1. The van der Waals surface area contributed by atoms with Crippen molar-refractivity contribution in [2.75, 3.05) is 31.0 Å². The molecule has 0 N–H and O–H groups in total. The van der Waals surface area contributed by atoms with Crippen LogP contribution in [-0.2, 0) is 10.0 Å². The number of likely N-dealkylation sites (tertiary alicyclic amines) is 1. The van der Waals surface area contributed by atoms with Crippen LogP contribution in [0.25, 0.3) is 0 Å². The van der Waals surface area contributed by atoms with E-state index >= 15 is 0 Å². The lowest BCUT2D eigenvalue weighted by Crippen LogP contribution is -2.39. The minimum Gasteiger partial charge on any atom is -0.493 e. The molecule has 0 spiro atoms. The van der Waals surface area contributed by atoms with Gasteiger partial charge in [-0.1, -0.05) is 41.9 Å². The fourth-order valence-corrected chi connectivity index (χ4v) is 5.39. The number of carbonyl (C=O) groups is 1. The smallest absolute Gasteiger partial charge is 0.264 e. The van der Waals surface area contributed by atoms with Crippen molar-refractivity contribution in [1.82, 2.24) is 4.90 Å². The second-order valence-corrected chi connectivity index (χ2v) is 10.7. The zero-order valence-electron chi connectivity index (χ0n) is 18.9. The van der Waals surface area contributed by atoms with Crippen LogP contribution in [0.15, 0.2) is 83.8 Å². The van der Waals surface area contributed by atoms with Crippen molar-refractivity contribution >= 4 is 33.2 Å². The van der Waals surface area contributed by atoms with E-state index in [2.05, 4.69) is 0 Å². The highest BCUT2D eigenvalue weighted by atomic mass is 35.5. The van der Waals surface area contributed by atoms with E-state index in [9.17, 15) is 13.2 Å². The van der Waals surface area contributed by atoms with Crippen molar-refractivity contribution in [1.29, 1.82) is 0 Å². The molecular weight excluding hydrogens is 472 g/mol. The third kappa shape index (κ3) is 5.54. The molecule has 1 heterocycles. The molecule has 3 aromatic carbocycles. The van der Waals surface area contributed by atoms with E-state index in [-0.39, 0.29) is 10.8 Å². The van der Waals surface area contributed by atoms with Crippen LogP contribution in [0.3, 0.4) is 0 Å². The van der Waals surface area contributed by atoms with Crippen LogP contribution in [0.2, 0.25) is 5.02 Å². The molecule has 0 saturated carbocycles. The van der Waals surface area contributed by atoms with Gasteiger partial charge in [0.1, 0.15) is 5.75 Å². The van der Waals surface area contributed by atoms with E-state index in [4.69, 9.17) is 16.3 Å². The molecule has 1 fully saturated rings. The molecule has 0 radical (unpaired) electrons. The van der Waals surface area contributed by atoms with Crippen molar-refractivity contribution in [2.24, 2.45) is 5.92 Å². The molecule has 0 atom stereocenters. The average molecular weight is 499 g/mol. The monoisotopic (exact) mass is 498 g/mol. The first kappa shape index (κ1) is 24.1. The highest BCUT2D eigenvalue weighted by Crippen LogP contribution is 2.26. The number of nitrogens with zero attached hydrogens (tertiary/aromatic N) is 2. The lowest BCUT2D eigenvalue weighted by Gasteiger charge is -2.32. The van der Waals surface area contributed by atoms with Gasteiger partial charge in [-0.2, -0.15) is 0 Å². The Bertz CT molecular complexity index is 1240. The second kappa shape index (κ2) is 10.5. The predicted octanol–water partition coefficient (Wildman–Crippen LogP) is 5.10. The van der Waals surface area contributed by atoms with Crippen LogP contribution in [0.5, 0.6) is 5.75 Å². The van der Waals surface area contributed by atoms with Gasteiger partial charge < -0.3 is 9.64 Å². The Hall–Kier alpha value is -3.03. The summed E-state index contributed by atoms with van der Waals surface area (Å²) in [7, 11) is -2.38. The maximum atomic E-state index is 13.2. The van der Waals surface area contributed by atoms with E-state index in [1.165, 1.54) is 23.5 Å². The van der Waals surface area contributed by atoms with Gasteiger partial charge in [-0.15, -0.1) is 0 Å². The lowest BCUT2D eigenvalue weighted by atomic mass is 9.97. The van der Waals surface area contributed by atoms with Gasteiger partial charge in [0.2, 0.25) is 0 Å². The van der Waals surface area contributed by atoms with Crippen molar-refractivity contribution in [2.45, 2.75) is 17.7 Å². The number of carbonyl (C=O) groups excluding carboxylic acids is 1. The molecule has 0 aromatic heterocycles. The minimum atomic E-state index is -3.85. The first-order valence-electron chi connectivity index (χ1n) is 11.2. The first-order chi connectivity index (χ1) is 16.3. The van der Waals surface area contributed by atoms with Gasteiger partial charge >= 0.3 is 0 Å². The van der Waals surface area contributed by atoms with E-state index in [0.717, 1.165) is 18.6 Å². The molecule has 4 rings (SSSR count). The quantitative estimate of drug-likeness (QED) is 0.454. The molecule has 1 aliphatic heterocycles. The Labute approximate surface area is 205 Å². The Balaban J connectivity index is 1.40. The summed E-state index contributed by atoms with van der Waals surface area (Å²) < 4.78 is 33.4. The standard InChI is InChI=1S/C26H27ClN2O4S/c1-28(23-9-6-8-22(27)18-23)34(31,32)25-12-5-7-21(17-25)26(30)29-15-13-20(14-16-29)19-33-24-10-3-2-4-11-24/h2-12,17-18,20H,13-16,19H2,1H3. The van der Waals surface area contributed by atoms with Crippen molar-refractivity contribution in [3.05, 3.63) is 89.4 Å². The number of hydrogen-bond donors (Lipinski definition) is 0. The third-order valence-corrected chi connectivity index (χ3v) is 8.06. The van der Waals surface area contributed by atoms with Crippen LogP contribution in [0.4, 0.5) is 5.69 Å². The van der Waals surface area contributed by atoms with Gasteiger partial charge in [0.25, 0.3) is 15.9 Å². The van der Waals surface area contributed by atoms with Gasteiger partial charge in [-0.05, 0) is 67.3 Å². The number of ether oxygens (including phenoxy) is 1. The zero-order valence-corrected chi connectivity index (χ0v) is 20.5. The van der Waals surface area contributed by atoms with Gasteiger partial charge in [0.15, 0.2) is 0 Å². The maximum Gasteiger partial charge on any atom is 0.264 e. The predicted molar refractivity (Wildman–Crippen MR) is 134 cm³/mol. The average Bonchev–Trinajstić information content (AvgIpc) is 2.87. The maximum absolute atomic E-state index is 13.2. The second-order valence-electron chi connectivity index (χ2n) is 8.34. The Morgan fingerprint density at radius 1 is 1.00 bits per heavy atom. The highest BCUT2D eigenvalue weighted by Gasteiger charge is 2.26. The number of hydrogen-bond acceptors (Lipinski definition) is 4. The minimum absolute atomic E-state index is 0.0620. The normalized spacial score (nSPS) is 14.6. The molecule has 0 aliphatic carbocycles. The van der Waals surface area contributed by atoms with Crippen LogP contribution in [0.1, 0.15) is 23.2 Å². The van der Waals surface area contributed by atoms with Crippen LogP contribution in [0, 0.1) is 5.92 Å². The largest absolute Gasteiger partial charge is 0.493 e. The van der Waals surface area contributed by atoms with Gasteiger partial charge in [0, 0.05) is 30.7 Å². The molecule has 0 unspecified atom stereocenters. The summed E-state index contributed by atoms with van der Waals surface area (Å²) in [5.74, 6) is 1.06.